The third kappa shape index (κ3) is 1.36. The summed E-state index contributed by atoms with van der Waals surface area (Å²) in [6, 6.07) is 0. The summed E-state index contributed by atoms with van der Waals surface area (Å²) < 4.78 is 0. The molecule has 0 radical (unpaired) electrons. The molecule has 0 aliphatic heterocycles. The lowest BCUT2D eigenvalue weighted by Crippen LogP contribution is -2.24. The van der Waals surface area contributed by atoms with Gasteiger partial charge in [-0.15, -0.1) is 0 Å². The number of hydrogen-bond donors (Lipinski definition) is 0. The third-order valence-corrected chi connectivity index (χ3v) is 1.44. The molecule has 2 nitrogen and oxygen atoms in total. The van der Waals surface area contributed by atoms with E-state index in [1.165, 1.54) is 0 Å². The average Bonchev–Trinajstić information content (AvgIpc) is 2.47. The smallest absolute Gasteiger partial charge is 0.0458 e. The lowest BCUT2D eigenvalue weighted by Gasteiger charge is -1.92. The lowest BCUT2D eigenvalue weighted by molar-refractivity contribution is -0.308. The van der Waals surface area contributed by atoms with Crippen molar-refractivity contribution in [3.8, 4) is 11.3 Å². The summed E-state index contributed by atoms with van der Waals surface area (Å²) >= 11 is 5.03. The van der Waals surface area contributed by atoms with E-state index in [0.29, 0.717) is 6.42 Å². The Balaban J connectivity index is 2.39. The fourth-order valence-corrected chi connectivity index (χ4v) is 0.825. The minimum atomic E-state index is -1.01. The molecule has 0 bridgehead atoms. The second-order valence-electron chi connectivity index (χ2n) is 2.01. The van der Waals surface area contributed by atoms with E-state index in [0.717, 1.165) is 0 Å². The van der Waals surface area contributed by atoms with Crippen LogP contribution in [0.5, 0.6) is 0 Å². The molecule has 0 amide bonds. The van der Waals surface area contributed by atoms with Gasteiger partial charge in [0.05, 0.1) is 0 Å². The topological polar surface area (TPSA) is 40.1 Å². The fourth-order valence-electron chi connectivity index (χ4n) is 0.685. The summed E-state index contributed by atoms with van der Waals surface area (Å²) in [5.41, 5.74) is 0. The van der Waals surface area contributed by atoms with Gasteiger partial charge in [-0.2, -0.15) is 0 Å². The van der Waals surface area contributed by atoms with E-state index in [4.69, 9.17) is 11.6 Å². The van der Waals surface area contributed by atoms with Crippen molar-refractivity contribution in [2.24, 2.45) is 11.8 Å². The number of carbonyl (C=O) groups excluding carboxylic acids is 1. The first-order chi connectivity index (χ1) is 4.25. The largest absolute Gasteiger partial charge is 0.550 e. The molecule has 2 unspecified atom stereocenters. The number of halogens is 1. The molecule has 0 saturated heterocycles. The van der Waals surface area contributed by atoms with Crippen molar-refractivity contribution < 1.29 is 9.90 Å². The first-order valence-corrected chi connectivity index (χ1v) is 2.95. The highest BCUT2D eigenvalue weighted by atomic mass is 35.5. The van der Waals surface area contributed by atoms with Crippen molar-refractivity contribution in [2.75, 3.05) is 0 Å². The molecule has 1 fully saturated rings. The van der Waals surface area contributed by atoms with Gasteiger partial charge in [-0.1, -0.05) is 5.92 Å². The maximum absolute atomic E-state index is 10.0. The molecular weight excluding hydrogens is 140 g/mol. The second-order valence-corrected chi connectivity index (χ2v) is 2.20. The Morgan fingerprint density at radius 2 is 2.44 bits per heavy atom. The van der Waals surface area contributed by atoms with Crippen LogP contribution in [0.1, 0.15) is 6.42 Å². The van der Waals surface area contributed by atoms with E-state index in [2.05, 4.69) is 11.3 Å². The molecule has 0 heterocycles. The Hall–Kier alpha value is -0.680. The van der Waals surface area contributed by atoms with Crippen LogP contribution < -0.4 is 5.11 Å². The molecule has 0 spiro atoms. The molecule has 0 aromatic rings. The summed E-state index contributed by atoms with van der Waals surface area (Å²) in [6.07, 6.45) is 0.599. The standard InChI is InChI=1S/C6H5ClO2/c7-2-1-4-3-5(4)6(8)9/h4-5H,3H2,(H,8,9)/p-1. The number of hydrogen-bond acceptors (Lipinski definition) is 2. The minimum Gasteiger partial charge on any atom is -0.550 e. The number of carbonyl (C=O) groups is 1. The predicted octanol–water partition coefficient (Wildman–Crippen LogP) is -0.428. The molecule has 0 aromatic heterocycles. The first kappa shape index (κ1) is 6.44. The molecule has 3 heteroatoms. The maximum Gasteiger partial charge on any atom is 0.0458 e. The molecule has 9 heavy (non-hydrogen) atoms. The Labute approximate surface area is 57.8 Å². The van der Waals surface area contributed by atoms with Gasteiger partial charge in [0.2, 0.25) is 0 Å². The van der Waals surface area contributed by atoms with E-state index in [9.17, 15) is 9.90 Å². The van der Waals surface area contributed by atoms with Crippen LogP contribution in [0, 0.1) is 23.1 Å². The zero-order valence-electron chi connectivity index (χ0n) is 4.56. The molecule has 1 aliphatic rings. The van der Waals surface area contributed by atoms with Gasteiger partial charge in [-0.25, -0.2) is 0 Å². The van der Waals surface area contributed by atoms with Crippen molar-refractivity contribution in [3.05, 3.63) is 0 Å². The van der Waals surface area contributed by atoms with E-state index >= 15 is 0 Å². The van der Waals surface area contributed by atoms with Crippen molar-refractivity contribution in [1.29, 1.82) is 0 Å². The summed E-state index contributed by atoms with van der Waals surface area (Å²) in [6.45, 7) is 0. The van der Waals surface area contributed by atoms with E-state index in [-0.39, 0.29) is 11.8 Å². The summed E-state index contributed by atoms with van der Waals surface area (Å²) in [4.78, 5) is 10.0. The predicted molar refractivity (Wildman–Crippen MR) is 30.2 cm³/mol. The highest BCUT2D eigenvalue weighted by Crippen LogP contribution is 2.36. The van der Waals surface area contributed by atoms with Gasteiger partial charge in [0, 0.05) is 23.2 Å². The first-order valence-electron chi connectivity index (χ1n) is 2.57. The minimum absolute atomic E-state index is 0.0486. The molecule has 0 N–H and O–H groups in total. The monoisotopic (exact) mass is 143 g/mol. The van der Waals surface area contributed by atoms with Gasteiger partial charge in [-0.05, 0) is 18.0 Å². The lowest BCUT2D eigenvalue weighted by atomic mass is 10.3. The van der Waals surface area contributed by atoms with Crippen LogP contribution in [0.4, 0.5) is 0 Å². The van der Waals surface area contributed by atoms with Crippen molar-refractivity contribution in [1.82, 2.24) is 0 Å². The second kappa shape index (κ2) is 2.28. The average molecular weight is 144 g/mol. The normalized spacial score (nSPS) is 30.3. The van der Waals surface area contributed by atoms with Gasteiger partial charge < -0.3 is 9.90 Å². The van der Waals surface area contributed by atoms with Crippen molar-refractivity contribution in [3.63, 3.8) is 0 Å². The van der Waals surface area contributed by atoms with Crippen LogP contribution in [-0.4, -0.2) is 5.97 Å². The van der Waals surface area contributed by atoms with Gasteiger partial charge in [0.15, 0.2) is 0 Å². The number of carboxylic acids is 1. The molecule has 2 atom stereocenters. The third-order valence-electron chi connectivity index (χ3n) is 1.33. The quantitative estimate of drug-likeness (QED) is 0.468. The number of rotatable bonds is 1. The van der Waals surface area contributed by atoms with E-state index in [1.54, 1.807) is 0 Å². The van der Waals surface area contributed by atoms with Gasteiger partial charge >= 0.3 is 0 Å². The number of carboxylic acid groups (broad SMARTS) is 1. The zero-order valence-corrected chi connectivity index (χ0v) is 5.31. The van der Waals surface area contributed by atoms with Gasteiger partial charge in [-0.3, -0.25) is 0 Å². The van der Waals surface area contributed by atoms with Crippen molar-refractivity contribution in [2.45, 2.75) is 6.42 Å². The van der Waals surface area contributed by atoms with Crippen LogP contribution in [0.25, 0.3) is 0 Å². The van der Waals surface area contributed by atoms with Gasteiger partial charge in [0.25, 0.3) is 0 Å². The van der Waals surface area contributed by atoms with Gasteiger partial charge in [0.1, 0.15) is 0 Å². The maximum atomic E-state index is 10.0. The van der Waals surface area contributed by atoms with Crippen LogP contribution in [-0.2, 0) is 4.79 Å². The Kier molecular flexibility index (Phi) is 1.63. The van der Waals surface area contributed by atoms with E-state index in [1.807, 2.05) is 0 Å². The van der Waals surface area contributed by atoms with Crippen LogP contribution >= 0.6 is 11.6 Å². The van der Waals surface area contributed by atoms with Crippen molar-refractivity contribution >= 4 is 17.6 Å². The highest BCUT2D eigenvalue weighted by Gasteiger charge is 2.36. The fraction of sp³-hybridized carbons (Fsp3) is 0.500. The molecule has 0 aromatic carbocycles. The zero-order chi connectivity index (χ0) is 6.85. The summed E-state index contributed by atoms with van der Waals surface area (Å²) in [5, 5.41) is 12.2. The van der Waals surface area contributed by atoms with Crippen LogP contribution in [0.15, 0.2) is 0 Å². The molecular formula is C6H4ClO2-. The van der Waals surface area contributed by atoms with Crippen LogP contribution in [0.3, 0.4) is 0 Å². The molecule has 1 rings (SSSR count). The Bertz CT molecular complexity index is 189. The Morgan fingerprint density at radius 3 is 2.78 bits per heavy atom. The Morgan fingerprint density at radius 1 is 1.78 bits per heavy atom. The molecule has 1 aliphatic carbocycles. The molecule has 1 saturated carbocycles. The highest BCUT2D eigenvalue weighted by molar-refractivity contribution is 6.30. The number of aliphatic carboxylic acids is 1. The summed E-state index contributed by atoms with van der Waals surface area (Å²) in [5.74, 6) is 1.12. The SMILES string of the molecule is O=C([O-])C1CC1C#CCl. The molecule has 48 valence electrons. The van der Waals surface area contributed by atoms with E-state index < -0.39 is 5.97 Å². The summed E-state index contributed by atoms with van der Waals surface area (Å²) in [7, 11) is 0. The van der Waals surface area contributed by atoms with Crippen LogP contribution in [0.2, 0.25) is 0 Å².